The zero-order valence-electron chi connectivity index (χ0n) is 11.2. The van der Waals surface area contributed by atoms with Gasteiger partial charge in [0.15, 0.2) is 0 Å². The van der Waals surface area contributed by atoms with Gasteiger partial charge in [-0.25, -0.2) is 13.6 Å². The molecule has 114 valence electrons. The van der Waals surface area contributed by atoms with E-state index in [0.29, 0.717) is 24.9 Å². The van der Waals surface area contributed by atoms with Gasteiger partial charge in [-0.15, -0.1) is 0 Å². The van der Waals surface area contributed by atoms with Crippen molar-refractivity contribution in [3.63, 3.8) is 0 Å². The summed E-state index contributed by atoms with van der Waals surface area (Å²) in [6.45, 7) is 0. The molecule has 1 saturated carbocycles. The molecule has 0 radical (unpaired) electrons. The first-order valence-electron chi connectivity index (χ1n) is 6.44. The van der Waals surface area contributed by atoms with Crippen molar-refractivity contribution >= 4 is 27.6 Å². The number of nitrogens with one attached hydrogen (secondary N) is 1. The van der Waals surface area contributed by atoms with Crippen LogP contribution in [0, 0.1) is 11.8 Å². The average molecular weight is 312 g/mol. The molecule has 0 aliphatic heterocycles. The summed E-state index contributed by atoms with van der Waals surface area (Å²) in [4.78, 5) is 22.8. The smallest absolute Gasteiger partial charge is 0.306 e. The molecule has 1 fully saturated rings. The molecule has 2 atom stereocenters. The molecule has 7 nitrogen and oxygen atoms in total. The van der Waals surface area contributed by atoms with Crippen molar-refractivity contribution in [2.24, 2.45) is 17.0 Å². The number of carboxylic acid groups (broad SMARTS) is 1. The molecule has 1 aliphatic rings. The largest absolute Gasteiger partial charge is 0.481 e. The minimum atomic E-state index is -3.83. The van der Waals surface area contributed by atoms with E-state index in [1.54, 1.807) is 6.07 Å². The Morgan fingerprint density at radius 2 is 1.90 bits per heavy atom. The van der Waals surface area contributed by atoms with E-state index < -0.39 is 21.9 Å². The quantitative estimate of drug-likeness (QED) is 0.757. The van der Waals surface area contributed by atoms with Crippen molar-refractivity contribution in [2.45, 2.75) is 24.2 Å². The van der Waals surface area contributed by atoms with Gasteiger partial charge in [0.05, 0.1) is 10.8 Å². The van der Waals surface area contributed by atoms with Gasteiger partial charge in [-0.1, -0.05) is 6.07 Å². The topological polar surface area (TPSA) is 127 Å². The lowest BCUT2D eigenvalue weighted by Crippen LogP contribution is -2.22. The van der Waals surface area contributed by atoms with E-state index in [2.05, 4.69) is 5.32 Å². The van der Waals surface area contributed by atoms with Crippen molar-refractivity contribution < 1.29 is 23.1 Å². The van der Waals surface area contributed by atoms with Crippen LogP contribution in [0.4, 0.5) is 5.69 Å². The molecule has 0 aromatic heterocycles. The molecule has 0 bridgehead atoms. The molecule has 0 saturated heterocycles. The third-order valence-electron chi connectivity index (χ3n) is 3.58. The van der Waals surface area contributed by atoms with Gasteiger partial charge in [-0.05, 0) is 37.5 Å². The zero-order chi connectivity index (χ0) is 15.6. The molecule has 1 aliphatic carbocycles. The van der Waals surface area contributed by atoms with E-state index in [1.165, 1.54) is 18.2 Å². The van der Waals surface area contributed by atoms with Gasteiger partial charge >= 0.3 is 5.97 Å². The van der Waals surface area contributed by atoms with Gasteiger partial charge in [0, 0.05) is 11.6 Å². The van der Waals surface area contributed by atoms with E-state index in [9.17, 15) is 18.0 Å². The van der Waals surface area contributed by atoms with Crippen LogP contribution in [0.1, 0.15) is 19.3 Å². The SMILES string of the molecule is NS(=O)(=O)c1cccc(NC(=O)[C@@H]2CC[C@H](C(=O)O)C2)c1. The summed E-state index contributed by atoms with van der Waals surface area (Å²) in [6.07, 6.45) is 1.29. The number of amides is 1. The third-order valence-corrected chi connectivity index (χ3v) is 4.49. The predicted octanol–water partition coefficient (Wildman–Crippen LogP) is 0.773. The molecule has 0 heterocycles. The number of anilines is 1. The highest BCUT2D eigenvalue weighted by atomic mass is 32.2. The number of carbonyl (C=O) groups excluding carboxylic acids is 1. The zero-order valence-corrected chi connectivity index (χ0v) is 12.0. The molecule has 0 spiro atoms. The maximum atomic E-state index is 12.1. The van der Waals surface area contributed by atoms with Crippen LogP contribution in [0.5, 0.6) is 0 Å². The van der Waals surface area contributed by atoms with Crippen LogP contribution in [0.15, 0.2) is 29.2 Å². The summed E-state index contributed by atoms with van der Waals surface area (Å²) < 4.78 is 22.5. The maximum Gasteiger partial charge on any atom is 0.306 e. The fraction of sp³-hybridized carbons (Fsp3) is 0.385. The maximum absolute atomic E-state index is 12.1. The Labute approximate surface area is 122 Å². The Bertz CT molecular complexity index is 671. The van der Waals surface area contributed by atoms with Crippen LogP contribution in [-0.4, -0.2) is 25.4 Å². The lowest BCUT2D eigenvalue weighted by Gasteiger charge is -2.11. The molecule has 4 N–H and O–H groups in total. The number of carbonyl (C=O) groups is 2. The number of hydrogen-bond donors (Lipinski definition) is 3. The van der Waals surface area contributed by atoms with Gasteiger partial charge < -0.3 is 10.4 Å². The second-order valence-electron chi connectivity index (χ2n) is 5.11. The summed E-state index contributed by atoms with van der Waals surface area (Å²) in [5, 5.41) is 16.5. The predicted molar refractivity (Wildman–Crippen MR) is 74.9 cm³/mol. The van der Waals surface area contributed by atoms with Gasteiger partial charge in [0.2, 0.25) is 15.9 Å². The van der Waals surface area contributed by atoms with Crippen molar-refractivity contribution in [3.8, 4) is 0 Å². The third kappa shape index (κ3) is 3.79. The molecule has 8 heteroatoms. The molecule has 2 rings (SSSR count). The Morgan fingerprint density at radius 3 is 2.48 bits per heavy atom. The minimum absolute atomic E-state index is 0.0878. The Hall–Kier alpha value is -1.93. The molecule has 21 heavy (non-hydrogen) atoms. The summed E-state index contributed by atoms with van der Waals surface area (Å²) in [5.41, 5.74) is 0.324. The fourth-order valence-electron chi connectivity index (χ4n) is 2.44. The second-order valence-corrected chi connectivity index (χ2v) is 6.67. The van der Waals surface area contributed by atoms with Crippen LogP contribution in [0.2, 0.25) is 0 Å². The van der Waals surface area contributed by atoms with E-state index >= 15 is 0 Å². The highest BCUT2D eigenvalue weighted by molar-refractivity contribution is 7.89. The van der Waals surface area contributed by atoms with Gasteiger partial charge in [-0.3, -0.25) is 9.59 Å². The van der Waals surface area contributed by atoms with Crippen molar-refractivity contribution in [1.82, 2.24) is 0 Å². The second kappa shape index (κ2) is 5.82. The highest BCUT2D eigenvalue weighted by Gasteiger charge is 2.33. The monoisotopic (exact) mass is 312 g/mol. The van der Waals surface area contributed by atoms with Crippen molar-refractivity contribution in [2.75, 3.05) is 5.32 Å². The van der Waals surface area contributed by atoms with Crippen LogP contribution in [0.3, 0.4) is 0 Å². The minimum Gasteiger partial charge on any atom is -0.481 e. The molecule has 1 aromatic carbocycles. The normalized spacial score (nSPS) is 22.0. The van der Waals surface area contributed by atoms with Crippen LogP contribution in [-0.2, 0) is 19.6 Å². The summed E-state index contributed by atoms with van der Waals surface area (Å²) in [5.74, 6) is -2.05. The lowest BCUT2D eigenvalue weighted by molar-refractivity contribution is -0.141. The van der Waals surface area contributed by atoms with Gasteiger partial charge in [0.25, 0.3) is 0 Å². The first-order chi connectivity index (χ1) is 9.77. The fourth-order valence-corrected chi connectivity index (χ4v) is 3.00. The van der Waals surface area contributed by atoms with E-state index in [0.717, 1.165) is 0 Å². The standard InChI is InChI=1S/C13H16N2O5S/c14-21(19,20)11-3-1-2-10(7-11)15-12(16)8-4-5-9(6-8)13(17)18/h1-3,7-9H,4-6H2,(H,15,16)(H,17,18)(H2,14,19,20)/t8-,9+/m1/s1. The van der Waals surface area contributed by atoms with Crippen LogP contribution >= 0.6 is 0 Å². The van der Waals surface area contributed by atoms with Crippen molar-refractivity contribution in [1.29, 1.82) is 0 Å². The number of rotatable bonds is 4. The van der Waals surface area contributed by atoms with Crippen LogP contribution < -0.4 is 10.5 Å². The summed E-state index contributed by atoms with van der Waals surface area (Å²) in [6, 6.07) is 5.64. The summed E-state index contributed by atoms with van der Waals surface area (Å²) in [7, 11) is -3.83. The van der Waals surface area contributed by atoms with Gasteiger partial charge in [0.1, 0.15) is 0 Å². The van der Waals surface area contributed by atoms with E-state index in [-0.39, 0.29) is 16.7 Å². The highest BCUT2D eigenvalue weighted by Crippen LogP contribution is 2.32. The van der Waals surface area contributed by atoms with E-state index in [1.807, 2.05) is 0 Å². The Kier molecular flexibility index (Phi) is 4.29. The number of hydrogen-bond acceptors (Lipinski definition) is 4. The molecule has 0 unspecified atom stereocenters. The van der Waals surface area contributed by atoms with Crippen molar-refractivity contribution in [3.05, 3.63) is 24.3 Å². The Morgan fingerprint density at radius 1 is 1.24 bits per heavy atom. The molecular formula is C13H16N2O5S. The van der Waals surface area contributed by atoms with Crippen LogP contribution in [0.25, 0.3) is 0 Å². The number of nitrogens with two attached hydrogens (primary N) is 1. The Balaban J connectivity index is 2.06. The molecule has 1 aromatic rings. The molecule has 1 amide bonds. The van der Waals surface area contributed by atoms with Gasteiger partial charge in [-0.2, -0.15) is 0 Å². The summed E-state index contributed by atoms with van der Waals surface area (Å²) >= 11 is 0. The average Bonchev–Trinajstić information content (AvgIpc) is 2.88. The number of sulfonamides is 1. The number of carboxylic acids is 1. The van der Waals surface area contributed by atoms with E-state index in [4.69, 9.17) is 10.2 Å². The lowest BCUT2D eigenvalue weighted by atomic mass is 10.0. The first kappa shape index (κ1) is 15.5. The number of primary sulfonamides is 1. The number of benzene rings is 1. The molecular weight excluding hydrogens is 296 g/mol. The number of aliphatic carboxylic acids is 1. The first-order valence-corrected chi connectivity index (χ1v) is 7.98.